The first kappa shape index (κ1) is 25.1. The van der Waals surface area contributed by atoms with Crippen LogP contribution in [0.25, 0.3) is 12.2 Å². The van der Waals surface area contributed by atoms with Gasteiger partial charge in [-0.25, -0.2) is 4.79 Å². The van der Waals surface area contributed by atoms with Gasteiger partial charge in [0.25, 0.3) is 0 Å². The Hall–Kier alpha value is -3.00. The number of halogens is 1. The van der Waals surface area contributed by atoms with E-state index in [4.69, 9.17) is 12.2 Å². The van der Waals surface area contributed by atoms with Crippen LogP contribution < -0.4 is 0 Å². The molecule has 0 radical (unpaired) electrons. The van der Waals surface area contributed by atoms with E-state index >= 15 is 0 Å². The van der Waals surface area contributed by atoms with Crippen molar-refractivity contribution in [3.05, 3.63) is 117 Å². The Balaban J connectivity index is 1.42. The number of benzene rings is 3. The van der Waals surface area contributed by atoms with E-state index in [2.05, 4.69) is 15.9 Å². The van der Waals surface area contributed by atoms with Crippen LogP contribution in [0.3, 0.4) is 0 Å². The molecule has 1 heterocycles. The Bertz CT molecular complexity index is 1300. The molecule has 1 atom stereocenters. The Morgan fingerprint density at radius 2 is 1.66 bits per heavy atom. The number of carbonyl (C=O) groups excluding carboxylic acids is 1. The van der Waals surface area contributed by atoms with Crippen LogP contribution in [0, 0.1) is 0 Å². The zero-order valence-corrected chi connectivity index (χ0v) is 21.9. The molecule has 3 aromatic carbocycles. The summed E-state index contributed by atoms with van der Waals surface area (Å²) in [5, 5.41) is 9.83. The molecule has 176 valence electrons. The second-order valence-corrected chi connectivity index (χ2v) is 10.6. The SMILES string of the molecule is O=C(/C=C/c1ccc(C=C2CN(C(Cc3ccccc3)C(=O)O)C(=S)S2)cc1)c1ccccc1Br. The van der Waals surface area contributed by atoms with Crippen LogP contribution in [0.15, 0.2) is 94.3 Å². The van der Waals surface area contributed by atoms with E-state index in [9.17, 15) is 14.7 Å². The monoisotopic (exact) mass is 563 g/mol. The van der Waals surface area contributed by atoms with Crippen molar-refractivity contribution in [2.75, 3.05) is 6.54 Å². The van der Waals surface area contributed by atoms with Gasteiger partial charge in [0.05, 0.1) is 6.54 Å². The lowest BCUT2D eigenvalue weighted by Crippen LogP contribution is -2.42. The van der Waals surface area contributed by atoms with Crippen molar-refractivity contribution in [1.29, 1.82) is 0 Å². The largest absolute Gasteiger partial charge is 0.480 e. The number of carboxylic acid groups (broad SMARTS) is 1. The third-order valence-electron chi connectivity index (χ3n) is 5.54. The van der Waals surface area contributed by atoms with Crippen LogP contribution in [0.1, 0.15) is 27.0 Å². The second-order valence-electron chi connectivity index (χ2n) is 7.99. The van der Waals surface area contributed by atoms with Crippen molar-refractivity contribution in [3.63, 3.8) is 0 Å². The van der Waals surface area contributed by atoms with Gasteiger partial charge in [0, 0.05) is 21.4 Å². The average molecular weight is 565 g/mol. The Labute approximate surface area is 222 Å². The molecule has 1 aliphatic heterocycles. The van der Waals surface area contributed by atoms with Crippen LogP contribution in [0.4, 0.5) is 0 Å². The van der Waals surface area contributed by atoms with Crippen LogP contribution in [-0.4, -0.2) is 38.7 Å². The maximum absolute atomic E-state index is 12.4. The van der Waals surface area contributed by atoms with E-state index in [-0.39, 0.29) is 5.78 Å². The molecule has 1 aliphatic rings. The molecular weight excluding hydrogens is 542 g/mol. The molecule has 0 aromatic heterocycles. The molecule has 0 aliphatic carbocycles. The summed E-state index contributed by atoms with van der Waals surface area (Å²) in [7, 11) is 0. The minimum absolute atomic E-state index is 0.0666. The van der Waals surface area contributed by atoms with Crippen molar-refractivity contribution in [2.45, 2.75) is 12.5 Å². The van der Waals surface area contributed by atoms with Gasteiger partial charge in [-0.15, -0.1) is 0 Å². The molecule has 1 fully saturated rings. The highest BCUT2D eigenvalue weighted by Crippen LogP contribution is 2.33. The molecule has 35 heavy (non-hydrogen) atoms. The Morgan fingerprint density at radius 1 is 1.00 bits per heavy atom. The summed E-state index contributed by atoms with van der Waals surface area (Å²) in [5.74, 6) is -0.950. The number of carboxylic acids is 1. The van der Waals surface area contributed by atoms with Gasteiger partial charge < -0.3 is 10.0 Å². The number of hydrogen-bond donors (Lipinski definition) is 1. The first-order valence-electron chi connectivity index (χ1n) is 10.9. The molecule has 0 saturated carbocycles. The number of thiocarbonyl (C=S) groups is 1. The van der Waals surface area contributed by atoms with Gasteiger partial charge in [0.2, 0.25) is 0 Å². The van der Waals surface area contributed by atoms with Crippen LogP contribution in [0.2, 0.25) is 0 Å². The highest BCUT2D eigenvalue weighted by molar-refractivity contribution is 9.10. The number of thioether (sulfide) groups is 1. The highest BCUT2D eigenvalue weighted by Gasteiger charge is 2.33. The summed E-state index contributed by atoms with van der Waals surface area (Å²) in [5.41, 5.74) is 3.49. The summed E-state index contributed by atoms with van der Waals surface area (Å²) in [6.07, 6.45) is 5.78. The molecule has 0 bridgehead atoms. The molecular formula is C28H22BrNO3S2. The summed E-state index contributed by atoms with van der Waals surface area (Å²) in [6, 6.07) is 24.1. The maximum Gasteiger partial charge on any atom is 0.326 e. The first-order chi connectivity index (χ1) is 16.9. The van der Waals surface area contributed by atoms with E-state index in [1.165, 1.54) is 11.8 Å². The molecule has 1 unspecified atom stereocenters. The van der Waals surface area contributed by atoms with Crippen molar-refractivity contribution < 1.29 is 14.7 Å². The van der Waals surface area contributed by atoms with E-state index < -0.39 is 12.0 Å². The third kappa shape index (κ3) is 6.57. The molecule has 0 amide bonds. The zero-order valence-electron chi connectivity index (χ0n) is 18.6. The molecule has 0 spiro atoms. The average Bonchev–Trinajstić information content (AvgIpc) is 3.22. The number of hydrogen-bond acceptors (Lipinski definition) is 4. The predicted molar refractivity (Wildman–Crippen MR) is 150 cm³/mol. The van der Waals surface area contributed by atoms with Crippen molar-refractivity contribution in [1.82, 2.24) is 4.90 Å². The zero-order chi connectivity index (χ0) is 24.8. The number of rotatable bonds is 8. The second kappa shape index (κ2) is 11.6. The van der Waals surface area contributed by atoms with Gasteiger partial charge in [-0.1, -0.05) is 113 Å². The van der Waals surface area contributed by atoms with Gasteiger partial charge in [-0.05, 0) is 41.0 Å². The maximum atomic E-state index is 12.4. The fourth-order valence-corrected chi connectivity index (χ4v) is 5.65. The summed E-state index contributed by atoms with van der Waals surface area (Å²) >= 11 is 10.4. The molecule has 3 aromatic rings. The third-order valence-corrected chi connectivity index (χ3v) is 7.64. The smallest absolute Gasteiger partial charge is 0.326 e. The first-order valence-corrected chi connectivity index (χ1v) is 13.0. The lowest BCUT2D eigenvalue weighted by Gasteiger charge is -2.25. The molecule has 4 nitrogen and oxygen atoms in total. The summed E-state index contributed by atoms with van der Waals surface area (Å²) in [6.45, 7) is 0.468. The van der Waals surface area contributed by atoms with Crippen molar-refractivity contribution in [2.24, 2.45) is 0 Å². The van der Waals surface area contributed by atoms with Crippen LogP contribution in [0.5, 0.6) is 0 Å². The van der Waals surface area contributed by atoms with Gasteiger partial charge in [0.1, 0.15) is 10.4 Å². The minimum Gasteiger partial charge on any atom is -0.480 e. The van der Waals surface area contributed by atoms with E-state index in [1.807, 2.05) is 78.9 Å². The Morgan fingerprint density at radius 3 is 2.34 bits per heavy atom. The summed E-state index contributed by atoms with van der Waals surface area (Å²) in [4.78, 5) is 27.2. The molecule has 4 rings (SSSR count). The topological polar surface area (TPSA) is 57.6 Å². The van der Waals surface area contributed by atoms with E-state index in [0.717, 1.165) is 26.1 Å². The van der Waals surface area contributed by atoms with E-state index in [1.54, 1.807) is 23.1 Å². The van der Waals surface area contributed by atoms with Crippen molar-refractivity contribution >= 4 is 68.1 Å². The molecule has 7 heteroatoms. The van der Waals surface area contributed by atoms with Gasteiger partial charge in [-0.3, -0.25) is 4.79 Å². The van der Waals surface area contributed by atoms with Gasteiger partial charge in [-0.2, -0.15) is 0 Å². The molecule has 1 saturated heterocycles. The lowest BCUT2D eigenvalue weighted by molar-refractivity contribution is -0.141. The number of aliphatic carboxylic acids is 1. The van der Waals surface area contributed by atoms with Crippen LogP contribution in [-0.2, 0) is 11.2 Å². The van der Waals surface area contributed by atoms with Gasteiger partial charge in [0.15, 0.2) is 5.78 Å². The predicted octanol–water partition coefficient (Wildman–Crippen LogP) is 6.72. The normalized spacial score (nSPS) is 15.6. The molecule has 1 N–H and O–H groups in total. The number of allylic oxidation sites excluding steroid dienone is 1. The summed E-state index contributed by atoms with van der Waals surface area (Å²) < 4.78 is 1.34. The highest BCUT2D eigenvalue weighted by atomic mass is 79.9. The standard InChI is InChI=1S/C28H22BrNO3S2/c29-24-9-5-4-8-23(24)26(31)15-14-19-10-12-21(13-11-19)16-22-18-30(28(34)35-22)25(27(32)33)17-20-6-2-1-3-7-20/h1-16,25H,17-18H2,(H,32,33)/b15-14+,22-16?. The number of carbonyl (C=O) groups is 2. The Kier molecular flexibility index (Phi) is 8.33. The number of nitrogens with zero attached hydrogens (tertiary/aromatic N) is 1. The number of ketones is 1. The van der Waals surface area contributed by atoms with E-state index in [0.29, 0.717) is 22.8 Å². The fraction of sp³-hybridized carbons (Fsp3) is 0.107. The quantitative estimate of drug-likeness (QED) is 0.186. The lowest BCUT2D eigenvalue weighted by atomic mass is 10.0. The van der Waals surface area contributed by atoms with Crippen LogP contribution >= 0.6 is 39.9 Å². The fourth-order valence-electron chi connectivity index (χ4n) is 3.73. The van der Waals surface area contributed by atoms with Crippen molar-refractivity contribution in [3.8, 4) is 0 Å². The minimum atomic E-state index is -0.883. The van der Waals surface area contributed by atoms with Gasteiger partial charge >= 0.3 is 5.97 Å².